The molecule has 69 heavy (non-hydrogen) atoms. The summed E-state index contributed by atoms with van der Waals surface area (Å²) in [5.41, 5.74) is 0. The maximum Gasteiger partial charge on any atom is 0.220 e. The molecular weight excluding hydrogens is 843 g/mol. The summed E-state index contributed by atoms with van der Waals surface area (Å²) in [6.45, 7) is 4.33. The van der Waals surface area contributed by atoms with Gasteiger partial charge >= 0.3 is 0 Å². The molecule has 0 aliphatic carbocycles. The Balaban J connectivity index is 3.48. The van der Waals surface area contributed by atoms with Crippen molar-refractivity contribution in [1.29, 1.82) is 0 Å². The van der Waals surface area contributed by atoms with E-state index in [1.165, 1.54) is 283 Å². The number of hydrogen-bond acceptors (Lipinski definition) is 3. The lowest BCUT2D eigenvalue weighted by Gasteiger charge is -2.19. The predicted octanol–water partition coefficient (Wildman–Crippen LogP) is 21.0. The van der Waals surface area contributed by atoms with Crippen LogP contribution >= 0.6 is 0 Å². The molecule has 0 bridgehead atoms. The number of unbranched alkanes of at least 4 members (excludes halogenated alkanes) is 45. The molecule has 0 aromatic carbocycles. The summed E-state index contributed by atoms with van der Waals surface area (Å²) < 4.78 is 0. The molecule has 2 unspecified atom stereocenters. The lowest BCUT2D eigenvalue weighted by Crippen LogP contribution is -2.45. The van der Waals surface area contributed by atoms with Gasteiger partial charge in [0.05, 0.1) is 18.8 Å². The van der Waals surface area contributed by atoms with Gasteiger partial charge in [-0.05, 0) is 70.6 Å². The first-order valence-corrected chi connectivity index (χ1v) is 31.4. The summed E-state index contributed by atoms with van der Waals surface area (Å²) in [6.07, 6.45) is 84.5. The summed E-state index contributed by atoms with van der Waals surface area (Å²) in [4.78, 5) is 12.5. The molecule has 406 valence electrons. The van der Waals surface area contributed by atoms with Gasteiger partial charge in [-0.15, -0.1) is 0 Å². The van der Waals surface area contributed by atoms with Gasteiger partial charge < -0.3 is 15.5 Å². The number of carbonyl (C=O) groups is 1. The molecule has 0 heterocycles. The van der Waals surface area contributed by atoms with Gasteiger partial charge in [0, 0.05) is 6.42 Å². The van der Waals surface area contributed by atoms with Gasteiger partial charge in [-0.1, -0.05) is 313 Å². The summed E-state index contributed by atoms with van der Waals surface area (Å²) in [7, 11) is 0. The van der Waals surface area contributed by atoms with Crippen LogP contribution in [0.3, 0.4) is 0 Å². The Labute approximate surface area is 433 Å². The van der Waals surface area contributed by atoms with Crippen molar-refractivity contribution in [2.45, 2.75) is 353 Å². The van der Waals surface area contributed by atoms with Crippen molar-refractivity contribution < 1.29 is 15.0 Å². The highest BCUT2D eigenvalue weighted by Gasteiger charge is 2.18. The number of rotatable bonds is 58. The Morgan fingerprint density at radius 1 is 0.333 bits per heavy atom. The third kappa shape index (κ3) is 57.1. The Kier molecular flexibility index (Phi) is 59.2. The van der Waals surface area contributed by atoms with E-state index in [4.69, 9.17) is 0 Å². The zero-order valence-corrected chi connectivity index (χ0v) is 46.8. The first-order chi connectivity index (χ1) is 34.2. The first kappa shape index (κ1) is 67.3. The van der Waals surface area contributed by atoms with E-state index in [2.05, 4.69) is 55.6 Å². The third-order valence-electron chi connectivity index (χ3n) is 14.5. The Morgan fingerprint density at radius 3 is 0.841 bits per heavy atom. The number of hydrogen-bond donors (Lipinski definition) is 3. The minimum atomic E-state index is -0.871. The SMILES string of the molecule is CCCCCCCCCC/C=C\CCCCCCCCCCCCCCCCCCCCCCCC(=O)NC(CO)C(O)/C=C/CC/C=C/CC/C=C/CCCCCCCCCCCCCCCC. The Hall–Kier alpha value is -1.65. The minimum Gasteiger partial charge on any atom is -0.394 e. The predicted molar refractivity (Wildman–Crippen MR) is 308 cm³/mol. The van der Waals surface area contributed by atoms with Crippen molar-refractivity contribution in [3.63, 3.8) is 0 Å². The topological polar surface area (TPSA) is 69.6 Å². The largest absolute Gasteiger partial charge is 0.394 e. The van der Waals surface area contributed by atoms with E-state index in [1.807, 2.05) is 6.08 Å². The second-order valence-electron chi connectivity index (χ2n) is 21.5. The monoisotopic (exact) mass is 966 g/mol. The lowest BCUT2D eigenvalue weighted by atomic mass is 10.0. The molecule has 2 atom stereocenters. The standard InChI is InChI=1S/C65H123NO3/c1-3-5-7-9-11-13-15-17-19-21-23-25-27-29-30-31-32-33-34-35-36-37-39-41-43-45-47-49-51-53-55-57-59-61-65(69)66-63(62-67)64(68)60-58-56-54-52-50-48-46-44-42-40-38-28-26-24-22-20-18-16-14-12-10-8-6-4-2/h21,23,42,44,50,52,58,60,63-64,67-68H,3-20,22,24-41,43,45-49,51,53-57,59,61-62H2,1-2H3,(H,66,69)/b23-21-,44-42+,52-50+,60-58+. The van der Waals surface area contributed by atoms with Crippen molar-refractivity contribution >= 4 is 5.91 Å². The van der Waals surface area contributed by atoms with Crippen LogP contribution in [0.15, 0.2) is 48.6 Å². The first-order valence-electron chi connectivity index (χ1n) is 31.4. The van der Waals surface area contributed by atoms with Crippen LogP contribution in [0.2, 0.25) is 0 Å². The van der Waals surface area contributed by atoms with Gasteiger partial charge in [-0.3, -0.25) is 4.79 Å². The zero-order valence-electron chi connectivity index (χ0n) is 46.8. The van der Waals surface area contributed by atoms with Crippen LogP contribution < -0.4 is 5.32 Å². The van der Waals surface area contributed by atoms with Gasteiger partial charge in [-0.2, -0.15) is 0 Å². The number of aliphatic hydroxyl groups is 2. The van der Waals surface area contributed by atoms with Gasteiger partial charge in [0.1, 0.15) is 0 Å². The fourth-order valence-corrected chi connectivity index (χ4v) is 9.74. The minimum absolute atomic E-state index is 0.0721. The average molecular weight is 967 g/mol. The van der Waals surface area contributed by atoms with Crippen LogP contribution in [0, 0.1) is 0 Å². The van der Waals surface area contributed by atoms with Crippen molar-refractivity contribution in [2.24, 2.45) is 0 Å². The molecule has 0 aromatic heterocycles. The lowest BCUT2D eigenvalue weighted by molar-refractivity contribution is -0.123. The van der Waals surface area contributed by atoms with Gasteiger partial charge in [0.2, 0.25) is 5.91 Å². The maximum absolute atomic E-state index is 12.5. The summed E-state index contributed by atoms with van der Waals surface area (Å²) in [6, 6.07) is -0.646. The van der Waals surface area contributed by atoms with Crippen LogP contribution in [-0.4, -0.2) is 34.9 Å². The highest BCUT2D eigenvalue weighted by Crippen LogP contribution is 2.18. The number of amides is 1. The van der Waals surface area contributed by atoms with Crippen molar-refractivity contribution in [3.8, 4) is 0 Å². The molecule has 1 amide bonds. The van der Waals surface area contributed by atoms with Crippen LogP contribution in [0.1, 0.15) is 341 Å². The third-order valence-corrected chi connectivity index (χ3v) is 14.5. The van der Waals surface area contributed by atoms with E-state index >= 15 is 0 Å². The molecular formula is C65H123NO3. The molecule has 0 aliphatic rings. The highest BCUT2D eigenvalue weighted by molar-refractivity contribution is 5.76. The summed E-state index contributed by atoms with van der Waals surface area (Å²) >= 11 is 0. The van der Waals surface area contributed by atoms with Crippen LogP contribution in [0.4, 0.5) is 0 Å². The maximum atomic E-state index is 12.5. The second kappa shape index (κ2) is 60.7. The van der Waals surface area contributed by atoms with E-state index in [9.17, 15) is 15.0 Å². The molecule has 0 saturated heterocycles. The van der Waals surface area contributed by atoms with Crippen LogP contribution in [0.25, 0.3) is 0 Å². The van der Waals surface area contributed by atoms with Crippen molar-refractivity contribution in [2.75, 3.05) is 6.61 Å². The van der Waals surface area contributed by atoms with E-state index in [0.717, 1.165) is 38.5 Å². The number of aliphatic hydroxyl groups excluding tert-OH is 2. The smallest absolute Gasteiger partial charge is 0.220 e. The molecule has 0 saturated carbocycles. The molecule has 0 radical (unpaired) electrons. The molecule has 0 fully saturated rings. The van der Waals surface area contributed by atoms with E-state index in [1.54, 1.807) is 6.08 Å². The number of nitrogens with one attached hydrogen (secondary N) is 1. The molecule has 4 heteroatoms. The summed E-state index contributed by atoms with van der Waals surface area (Å²) in [5.74, 6) is -0.0721. The van der Waals surface area contributed by atoms with Crippen LogP contribution in [0.5, 0.6) is 0 Å². The second-order valence-corrected chi connectivity index (χ2v) is 21.5. The van der Waals surface area contributed by atoms with Gasteiger partial charge in [0.15, 0.2) is 0 Å². The number of allylic oxidation sites excluding steroid dienone is 7. The number of carbonyl (C=O) groups excluding carboxylic acids is 1. The molecule has 0 rings (SSSR count). The van der Waals surface area contributed by atoms with Crippen LogP contribution in [-0.2, 0) is 4.79 Å². The fraction of sp³-hybridized carbons (Fsp3) is 0.862. The Morgan fingerprint density at radius 2 is 0.565 bits per heavy atom. The van der Waals surface area contributed by atoms with E-state index in [-0.39, 0.29) is 12.5 Å². The van der Waals surface area contributed by atoms with E-state index < -0.39 is 12.1 Å². The quantitative estimate of drug-likeness (QED) is 0.0420. The molecule has 3 N–H and O–H groups in total. The fourth-order valence-electron chi connectivity index (χ4n) is 9.74. The molecule has 0 aliphatic heterocycles. The van der Waals surface area contributed by atoms with Gasteiger partial charge in [0.25, 0.3) is 0 Å². The highest BCUT2D eigenvalue weighted by atomic mass is 16.3. The zero-order chi connectivity index (χ0) is 49.9. The average Bonchev–Trinajstić information content (AvgIpc) is 3.35. The molecule has 0 aromatic rings. The summed E-state index contributed by atoms with van der Waals surface area (Å²) in [5, 5.41) is 23.2. The van der Waals surface area contributed by atoms with E-state index in [0.29, 0.717) is 6.42 Å². The van der Waals surface area contributed by atoms with Gasteiger partial charge in [-0.25, -0.2) is 0 Å². The van der Waals surface area contributed by atoms with Crippen molar-refractivity contribution in [3.05, 3.63) is 48.6 Å². The normalized spacial score (nSPS) is 13.0. The van der Waals surface area contributed by atoms with Crippen molar-refractivity contribution in [1.82, 2.24) is 5.32 Å². The molecule has 4 nitrogen and oxygen atoms in total. The Bertz CT molecular complexity index is 1090. The molecule has 0 spiro atoms.